The van der Waals surface area contributed by atoms with Crippen LogP contribution >= 0.6 is 0 Å². The van der Waals surface area contributed by atoms with Gasteiger partial charge < -0.3 is 9.47 Å². The van der Waals surface area contributed by atoms with Crippen molar-refractivity contribution in [1.29, 1.82) is 0 Å². The van der Waals surface area contributed by atoms with Gasteiger partial charge >= 0.3 is 0 Å². The first-order valence-electron chi connectivity index (χ1n) is 5.71. The average Bonchev–Trinajstić information content (AvgIpc) is 2.71. The van der Waals surface area contributed by atoms with Gasteiger partial charge in [0.05, 0.1) is 13.2 Å². The van der Waals surface area contributed by atoms with Gasteiger partial charge in [0, 0.05) is 26.3 Å². The predicted octanol–water partition coefficient (Wildman–Crippen LogP) is 1.44. The Morgan fingerprint density at radius 3 is 3.00 bits per heavy atom. The maximum atomic E-state index is 5.38. The topological polar surface area (TPSA) is 21.7 Å². The maximum Gasteiger partial charge on any atom is 0.0649 e. The molecule has 2 saturated heterocycles. The number of hydrogen-bond acceptors (Lipinski definition) is 3. The van der Waals surface area contributed by atoms with Crippen LogP contribution in [0.3, 0.4) is 0 Å². The summed E-state index contributed by atoms with van der Waals surface area (Å²) in [5.41, 5.74) is 1.84. The Hall–Kier alpha value is -0.380. The molecule has 0 amide bonds. The highest BCUT2D eigenvalue weighted by atomic mass is 16.5. The highest BCUT2D eigenvalue weighted by Gasteiger charge is 2.45. The number of methoxy groups -OCH3 is 2. The van der Waals surface area contributed by atoms with Gasteiger partial charge in [0.15, 0.2) is 0 Å². The summed E-state index contributed by atoms with van der Waals surface area (Å²) in [6, 6.07) is 0. The van der Waals surface area contributed by atoms with Crippen molar-refractivity contribution in [1.82, 2.24) is 4.90 Å². The van der Waals surface area contributed by atoms with Crippen molar-refractivity contribution in [2.24, 2.45) is 0 Å². The van der Waals surface area contributed by atoms with Gasteiger partial charge in [-0.05, 0) is 25.8 Å². The minimum absolute atomic E-state index is 0.314. The average molecular weight is 211 g/mol. The van der Waals surface area contributed by atoms with Crippen LogP contribution in [0.25, 0.3) is 0 Å². The van der Waals surface area contributed by atoms with E-state index in [1.165, 1.54) is 31.4 Å². The van der Waals surface area contributed by atoms with E-state index >= 15 is 0 Å². The summed E-state index contributed by atoms with van der Waals surface area (Å²) >= 11 is 0. The smallest absolute Gasteiger partial charge is 0.0649 e. The van der Waals surface area contributed by atoms with E-state index < -0.39 is 0 Å². The standard InChI is InChI=1S/C12H21NO2/c1-14-7-4-11-8-12(10-15-2)5-3-6-13(12)9-11/h4H,3,5-10H2,1-2H3/b11-4-/t12-/m0/s1. The molecule has 15 heavy (non-hydrogen) atoms. The van der Waals surface area contributed by atoms with Gasteiger partial charge in [-0.1, -0.05) is 11.6 Å². The number of ether oxygens (including phenoxy) is 2. The lowest BCUT2D eigenvalue weighted by atomic mass is 9.93. The van der Waals surface area contributed by atoms with Crippen molar-refractivity contribution >= 4 is 0 Å². The van der Waals surface area contributed by atoms with Crippen LogP contribution in [-0.4, -0.2) is 51.0 Å². The lowest BCUT2D eigenvalue weighted by molar-refractivity contribution is 0.0656. The van der Waals surface area contributed by atoms with Gasteiger partial charge in [-0.3, -0.25) is 4.90 Å². The van der Waals surface area contributed by atoms with Crippen molar-refractivity contribution in [2.45, 2.75) is 24.8 Å². The van der Waals surface area contributed by atoms with E-state index in [0.29, 0.717) is 5.54 Å². The van der Waals surface area contributed by atoms with E-state index in [9.17, 15) is 0 Å². The van der Waals surface area contributed by atoms with Gasteiger partial charge in [-0.25, -0.2) is 0 Å². The fourth-order valence-corrected chi connectivity index (χ4v) is 2.99. The molecule has 0 spiro atoms. The molecule has 0 N–H and O–H groups in total. The molecule has 86 valence electrons. The Balaban J connectivity index is 2.04. The van der Waals surface area contributed by atoms with Crippen LogP contribution in [0, 0.1) is 0 Å². The molecule has 2 rings (SSSR count). The number of hydrogen-bond donors (Lipinski definition) is 0. The third kappa shape index (κ3) is 2.10. The van der Waals surface area contributed by atoms with Crippen molar-refractivity contribution < 1.29 is 9.47 Å². The molecule has 0 aliphatic carbocycles. The lowest BCUT2D eigenvalue weighted by Gasteiger charge is -2.30. The molecule has 3 heteroatoms. The maximum absolute atomic E-state index is 5.38. The molecule has 0 unspecified atom stereocenters. The minimum atomic E-state index is 0.314. The van der Waals surface area contributed by atoms with E-state index in [1.807, 2.05) is 7.11 Å². The molecule has 0 aromatic rings. The summed E-state index contributed by atoms with van der Waals surface area (Å²) < 4.78 is 10.5. The molecular weight excluding hydrogens is 190 g/mol. The van der Waals surface area contributed by atoms with Crippen molar-refractivity contribution in [3.63, 3.8) is 0 Å². The van der Waals surface area contributed by atoms with E-state index in [2.05, 4.69) is 11.0 Å². The minimum Gasteiger partial charge on any atom is -0.383 e. The molecule has 0 bridgehead atoms. The Labute approximate surface area is 92.0 Å². The Morgan fingerprint density at radius 1 is 1.40 bits per heavy atom. The zero-order valence-corrected chi connectivity index (χ0v) is 9.79. The quantitative estimate of drug-likeness (QED) is 0.657. The van der Waals surface area contributed by atoms with Gasteiger partial charge in [0.25, 0.3) is 0 Å². The van der Waals surface area contributed by atoms with E-state index in [0.717, 1.165) is 19.8 Å². The first kappa shape index (κ1) is 11.1. The van der Waals surface area contributed by atoms with Crippen molar-refractivity contribution in [2.75, 3.05) is 40.5 Å². The molecule has 2 aliphatic heterocycles. The highest BCUT2D eigenvalue weighted by molar-refractivity contribution is 5.20. The van der Waals surface area contributed by atoms with Crippen LogP contribution in [0.5, 0.6) is 0 Å². The van der Waals surface area contributed by atoms with Gasteiger partial charge in [-0.2, -0.15) is 0 Å². The summed E-state index contributed by atoms with van der Waals surface area (Å²) in [5.74, 6) is 0. The zero-order valence-electron chi connectivity index (χ0n) is 9.79. The lowest BCUT2D eigenvalue weighted by Crippen LogP contribution is -2.42. The molecule has 2 fully saturated rings. The van der Waals surface area contributed by atoms with Crippen molar-refractivity contribution in [3.8, 4) is 0 Å². The van der Waals surface area contributed by atoms with Gasteiger partial charge in [0.1, 0.15) is 0 Å². The SMILES string of the molecule is COC/C=C1\CN2CCC[C@@]2(COC)C1. The third-order valence-electron chi connectivity index (χ3n) is 3.64. The second kappa shape index (κ2) is 4.64. The summed E-state index contributed by atoms with van der Waals surface area (Å²) in [6.07, 6.45) is 6.01. The Morgan fingerprint density at radius 2 is 2.27 bits per heavy atom. The van der Waals surface area contributed by atoms with Crippen LogP contribution in [0.2, 0.25) is 0 Å². The molecule has 0 saturated carbocycles. The predicted molar refractivity (Wildman–Crippen MR) is 60.0 cm³/mol. The largest absolute Gasteiger partial charge is 0.383 e. The molecule has 1 atom stereocenters. The highest BCUT2D eigenvalue weighted by Crippen LogP contribution is 2.41. The van der Waals surface area contributed by atoms with Crippen LogP contribution in [0.1, 0.15) is 19.3 Å². The normalized spacial score (nSPS) is 33.9. The number of fused-ring (bicyclic) bond motifs is 1. The van der Waals surface area contributed by atoms with E-state index in [4.69, 9.17) is 9.47 Å². The monoisotopic (exact) mass is 211 g/mol. The summed E-state index contributed by atoms with van der Waals surface area (Å²) in [4.78, 5) is 2.58. The van der Waals surface area contributed by atoms with E-state index in [1.54, 1.807) is 7.11 Å². The molecule has 0 radical (unpaired) electrons. The number of rotatable bonds is 4. The Kier molecular flexibility index (Phi) is 3.44. The van der Waals surface area contributed by atoms with Crippen LogP contribution < -0.4 is 0 Å². The second-order valence-corrected chi connectivity index (χ2v) is 4.68. The van der Waals surface area contributed by atoms with Gasteiger partial charge in [0.2, 0.25) is 0 Å². The molecule has 2 aliphatic rings. The second-order valence-electron chi connectivity index (χ2n) is 4.68. The van der Waals surface area contributed by atoms with Crippen LogP contribution in [0.15, 0.2) is 11.6 Å². The van der Waals surface area contributed by atoms with Crippen LogP contribution in [-0.2, 0) is 9.47 Å². The third-order valence-corrected chi connectivity index (χ3v) is 3.64. The Bertz CT molecular complexity index is 252. The summed E-state index contributed by atoms with van der Waals surface area (Å²) in [5, 5.41) is 0. The van der Waals surface area contributed by atoms with Gasteiger partial charge in [-0.15, -0.1) is 0 Å². The molecule has 3 nitrogen and oxygen atoms in total. The zero-order chi connectivity index (χ0) is 10.7. The summed E-state index contributed by atoms with van der Waals surface area (Å²) in [7, 11) is 3.56. The van der Waals surface area contributed by atoms with Crippen molar-refractivity contribution in [3.05, 3.63) is 11.6 Å². The molecule has 0 aromatic carbocycles. The fraction of sp³-hybridized carbons (Fsp3) is 0.833. The molecule has 2 heterocycles. The van der Waals surface area contributed by atoms with E-state index in [-0.39, 0.29) is 0 Å². The first-order valence-corrected chi connectivity index (χ1v) is 5.71. The number of nitrogens with zero attached hydrogens (tertiary/aromatic N) is 1. The first-order chi connectivity index (χ1) is 7.30. The molecule has 0 aromatic heterocycles. The summed E-state index contributed by atoms with van der Waals surface area (Å²) in [6.45, 7) is 3.96. The fourth-order valence-electron chi connectivity index (χ4n) is 2.99. The molecular formula is C12H21NO2. The van der Waals surface area contributed by atoms with Crippen LogP contribution in [0.4, 0.5) is 0 Å².